The van der Waals surface area contributed by atoms with Crippen molar-refractivity contribution >= 4 is 17.7 Å². The highest BCUT2D eigenvalue weighted by Crippen LogP contribution is 2.08. The molecule has 0 radical (unpaired) electrons. The fourth-order valence-corrected chi connectivity index (χ4v) is 1.68. The minimum Gasteiger partial charge on any atom is -0.340 e. The van der Waals surface area contributed by atoms with Crippen LogP contribution in [0.3, 0.4) is 0 Å². The molecule has 1 amide bonds. The van der Waals surface area contributed by atoms with Gasteiger partial charge < -0.3 is 10.2 Å². The summed E-state index contributed by atoms with van der Waals surface area (Å²) in [5, 5.41) is 9.92. The maximum absolute atomic E-state index is 11.7. The molecule has 0 aliphatic carbocycles. The fraction of sp³-hybridized carbons (Fsp3) is 0.231. The molecule has 104 valence electrons. The third-order valence-corrected chi connectivity index (χ3v) is 2.60. The number of aromatic amines is 1. The molecule has 0 saturated heterocycles. The molecule has 0 fully saturated rings. The summed E-state index contributed by atoms with van der Waals surface area (Å²) >= 11 is 0. The summed E-state index contributed by atoms with van der Waals surface area (Å²) < 4.78 is 0. The van der Waals surface area contributed by atoms with Crippen molar-refractivity contribution in [1.82, 2.24) is 15.2 Å². The summed E-state index contributed by atoms with van der Waals surface area (Å²) in [6.45, 7) is 1.89. The lowest BCUT2D eigenvalue weighted by atomic mass is 10.2. The molecular formula is C13H15N5O2. The monoisotopic (exact) mass is 273 g/mol. The number of hydrogen-bond donors (Lipinski definition) is 2. The third kappa shape index (κ3) is 3.41. The van der Waals surface area contributed by atoms with E-state index in [-0.39, 0.29) is 11.7 Å². The minimum absolute atomic E-state index is 0.102. The van der Waals surface area contributed by atoms with E-state index in [2.05, 4.69) is 20.5 Å². The van der Waals surface area contributed by atoms with Crippen LogP contribution >= 0.6 is 0 Å². The number of nitrogens with one attached hydrogen (secondary N) is 2. The first-order valence-corrected chi connectivity index (χ1v) is 6.06. The van der Waals surface area contributed by atoms with Crippen LogP contribution in [-0.4, -0.2) is 28.1 Å². The largest absolute Gasteiger partial charge is 0.340 e. The molecule has 20 heavy (non-hydrogen) atoms. The van der Waals surface area contributed by atoms with Crippen molar-refractivity contribution in [3.05, 3.63) is 46.2 Å². The Kier molecular flexibility index (Phi) is 4.09. The highest BCUT2D eigenvalue weighted by Gasteiger charge is 2.09. The predicted octanol–water partition coefficient (Wildman–Crippen LogP) is 0.760. The Balaban J connectivity index is 2.15. The predicted molar refractivity (Wildman–Crippen MR) is 75.5 cm³/mol. The topological polar surface area (TPSA) is 91.0 Å². The van der Waals surface area contributed by atoms with E-state index in [9.17, 15) is 9.59 Å². The van der Waals surface area contributed by atoms with E-state index in [0.29, 0.717) is 12.5 Å². The summed E-state index contributed by atoms with van der Waals surface area (Å²) in [6, 6.07) is 9.78. The van der Waals surface area contributed by atoms with Crippen LogP contribution in [-0.2, 0) is 11.3 Å². The van der Waals surface area contributed by atoms with Crippen LogP contribution in [0.5, 0.6) is 0 Å². The molecule has 0 saturated carbocycles. The Labute approximate surface area is 115 Å². The van der Waals surface area contributed by atoms with Crippen LogP contribution in [0.4, 0.5) is 11.8 Å². The lowest BCUT2D eigenvalue weighted by molar-refractivity contribution is -0.114. The SMILES string of the molecule is CC(=O)Nc1nnc(N(C)Cc2ccccc2)[nH]c1=O. The van der Waals surface area contributed by atoms with Gasteiger partial charge in [0.25, 0.3) is 5.56 Å². The molecule has 0 bridgehead atoms. The lowest BCUT2D eigenvalue weighted by Crippen LogP contribution is -2.26. The van der Waals surface area contributed by atoms with Crippen molar-refractivity contribution in [2.75, 3.05) is 17.3 Å². The zero-order valence-electron chi connectivity index (χ0n) is 11.3. The van der Waals surface area contributed by atoms with E-state index in [4.69, 9.17) is 0 Å². The van der Waals surface area contributed by atoms with E-state index in [1.807, 2.05) is 30.3 Å². The summed E-state index contributed by atoms with van der Waals surface area (Å²) in [7, 11) is 1.80. The van der Waals surface area contributed by atoms with Crippen molar-refractivity contribution < 1.29 is 4.79 Å². The van der Waals surface area contributed by atoms with E-state index in [0.717, 1.165) is 5.56 Å². The highest BCUT2D eigenvalue weighted by molar-refractivity contribution is 5.87. The Morgan fingerprint density at radius 3 is 2.60 bits per heavy atom. The van der Waals surface area contributed by atoms with E-state index in [1.165, 1.54) is 6.92 Å². The molecule has 1 aromatic heterocycles. The number of H-pyrrole nitrogens is 1. The van der Waals surface area contributed by atoms with Crippen molar-refractivity contribution in [2.24, 2.45) is 0 Å². The number of amides is 1. The van der Waals surface area contributed by atoms with Gasteiger partial charge in [0.2, 0.25) is 17.7 Å². The standard InChI is InChI=1S/C13H15N5O2/c1-9(19)14-11-12(20)15-13(17-16-11)18(2)8-10-6-4-3-5-7-10/h3-7H,8H2,1-2H3,(H,14,16,19)(H,15,17,20). The summed E-state index contributed by atoms with van der Waals surface area (Å²) in [5.41, 5.74) is 0.605. The average Bonchev–Trinajstić information content (AvgIpc) is 2.41. The number of rotatable bonds is 4. The number of carbonyl (C=O) groups is 1. The number of carbonyl (C=O) groups excluding carboxylic acids is 1. The molecule has 0 aliphatic rings. The number of hydrogen-bond acceptors (Lipinski definition) is 5. The zero-order chi connectivity index (χ0) is 14.5. The van der Waals surface area contributed by atoms with Crippen molar-refractivity contribution in [3.8, 4) is 0 Å². The van der Waals surface area contributed by atoms with Gasteiger partial charge in [0.15, 0.2) is 0 Å². The quantitative estimate of drug-likeness (QED) is 0.858. The first-order valence-electron chi connectivity index (χ1n) is 6.06. The normalized spacial score (nSPS) is 10.1. The second-order valence-corrected chi connectivity index (χ2v) is 4.35. The van der Waals surface area contributed by atoms with Gasteiger partial charge in [0, 0.05) is 20.5 Å². The van der Waals surface area contributed by atoms with Gasteiger partial charge in [0.1, 0.15) is 0 Å². The van der Waals surface area contributed by atoms with Crippen LogP contribution in [0.1, 0.15) is 12.5 Å². The molecule has 0 unspecified atom stereocenters. The number of benzene rings is 1. The summed E-state index contributed by atoms with van der Waals surface area (Å²) in [4.78, 5) is 27.0. The van der Waals surface area contributed by atoms with Crippen LogP contribution in [0.25, 0.3) is 0 Å². The van der Waals surface area contributed by atoms with Gasteiger partial charge in [-0.1, -0.05) is 30.3 Å². The van der Waals surface area contributed by atoms with E-state index >= 15 is 0 Å². The molecule has 2 N–H and O–H groups in total. The molecule has 1 heterocycles. The molecule has 0 atom stereocenters. The Morgan fingerprint density at radius 2 is 2.00 bits per heavy atom. The first-order chi connectivity index (χ1) is 9.56. The van der Waals surface area contributed by atoms with E-state index in [1.54, 1.807) is 11.9 Å². The van der Waals surface area contributed by atoms with E-state index < -0.39 is 5.56 Å². The number of aromatic nitrogens is 3. The smallest absolute Gasteiger partial charge is 0.295 e. The molecule has 2 rings (SSSR count). The highest BCUT2D eigenvalue weighted by atomic mass is 16.2. The number of anilines is 2. The maximum Gasteiger partial charge on any atom is 0.295 e. The van der Waals surface area contributed by atoms with Gasteiger partial charge in [-0.3, -0.25) is 14.6 Å². The Bertz CT molecular complexity index is 653. The molecule has 0 spiro atoms. The van der Waals surface area contributed by atoms with Crippen LogP contribution in [0.15, 0.2) is 35.1 Å². The minimum atomic E-state index is -0.481. The van der Waals surface area contributed by atoms with Gasteiger partial charge in [-0.25, -0.2) is 0 Å². The fourth-order valence-electron chi connectivity index (χ4n) is 1.68. The van der Waals surface area contributed by atoms with Gasteiger partial charge in [-0.15, -0.1) is 10.2 Å². The van der Waals surface area contributed by atoms with Crippen LogP contribution in [0, 0.1) is 0 Å². The lowest BCUT2D eigenvalue weighted by Gasteiger charge is -2.16. The molecule has 0 aliphatic heterocycles. The van der Waals surface area contributed by atoms with Crippen LogP contribution in [0.2, 0.25) is 0 Å². The maximum atomic E-state index is 11.7. The van der Waals surface area contributed by atoms with Gasteiger partial charge in [0.05, 0.1) is 0 Å². The molecule has 2 aromatic rings. The molecule has 7 heteroatoms. The first kappa shape index (κ1) is 13.7. The second kappa shape index (κ2) is 5.96. The number of nitrogens with zero attached hydrogens (tertiary/aromatic N) is 3. The summed E-state index contributed by atoms with van der Waals surface area (Å²) in [6.07, 6.45) is 0. The average molecular weight is 273 g/mol. The molecule has 7 nitrogen and oxygen atoms in total. The van der Waals surface area contributed by atoms with Gasteiger partial charge in [-0.2, -0.15) is 0 Å². The van der Waals surface area contributed by atoms with Crippen molar-refractivity contribution in [1.29, 1.82) is 0 Å². The molecular weight excluding hydrogens is 258 g/mol. The zero-order valence-corrected chi connectivity index (χ0v) is 11.3. The summed E-state index contributed by atoms with van der Waals surface area (Å²) in [5.74, 6) is -0.127. The molecule has 1 aromatic carbocycles. The van der Waals surface area contributed by atoms with Crippen molar-refractivity contribution in [3.63, 3.8) is 0 Å². The van der Waals surface area contributed by atoms with Crippen molar-refractivity contribution in [2.45, 2.75) is 13.5 Å². The Morgan fingerprint density at radius 1 is 1.30 bits per heavy atom. The van der Waals surface area contributed by atoms with Gasteiger partial charge in [-0.05, 0) is 5.56 Å². The van der Waals surface area contributed by atoms with Gasteiger partial charge >= 0.3 is 0 Å². The Hall–Kier alpha value is -2.70. The second-order valence-electron chi connectivity index (χ2n) is 4.35. The van der Waals surface area contributed by atoms with Crippen LogP contribution < -0.4 is 15.8 Å². The third-order valence-electron chi connectivity index (χ3n) is 2.60.